The molecule has 0 aromatic carbocycles. The number of aliphatic hydroxyl groups is 2. The first kappa shape index (κ1) is 12.8. The van der Waals surface area contributed by atoms with Crippen LogP contribution in [0, 0.1) is 0 Å². The van der Waals surface area contributed by atoms with Gasteiger partial charge in [-0.05, 0) is 34.6 Å². The molecular weight excluding hydrogens is 170 g/mol. The van der Waals surface area contributed by atoms with Crippen molar-refractivity contribution in [1.29, 1.82) is 0 Å². The summed E-state index contributed by atoms with van der Waals surface area (Å²) >= 11 is 0. The predicted octanol–water partition coefficient (Wildman–Crippen LogP) is 0.438. The molecule has 0 saturated heterocycles. The van der Waals surface area contributed by atoms with Crippen LogP contribution < -0.4 is 5.48 Å². The van der Waals surface area contributed by atoms with E-state index < -0.39 is 11.6 Å². The minimum atomic E-state index is -1.00. The van der Waals surface area contributed by atoms with Crippen LogP contribution in [0.5, 0.6) is 0 Å². The Morgan fingerprint density at radius 3 is 1.92 bits per heavy atom. The van der Waals surface area contributed by atoms with Crippen molar-refractivity contribution in [1.82, 2.24) is 5.48 Å². The largest absolute Gasteiger partial charge is 0.395 e. The molecule has 0 amide bonds. The Bertz CT molecular complexity index is 146. The number of nitrogens with one attached hydrogen (secondary N) is 1. The van der Waals surface area contributed by atoms with Gasteiger partial charge in [0.2, 0.25) is 0 Å². The summed E-state index contributed by atoms with van der Waals surface area (Å²) < 4.78 is 0. The fraction of sp³-hybridized carbons (Fsp3) is 1.00. The second kappa shape index (κ2) is 4.37. The lowest BCUT2D eigenvalue weighted by molar-refractivity contribution is -0.129. The van der Waals surface area contributed by atoms with Crippen LogP contribution in [0.1, 0.15) is 34.6 Å². The van der Waals surface area contributed by atoms with Crippen molar-refractivity contribution >= 4 is 0 Å². The summed E-state index contributed by atoms with van der Waals surface area (Å²) in [5.41, 5.74) is 1.31. The first-order chi connectivity index (χ1) is 5.67. The van der Waals surface area contributed by atoms with Gasteiger partial charge in [0.25, 0.3) is 0 Å². The van der Waals surface area contributed by atoms with Crippen LogP contribution >= 0.6 is 0 Å². The lowest BCUT2D eigenvalue weighted by Crippen LogP contribution is -2.51. The van der Waals surface area contributed by atoms with Crippen molar-refractivity contribution < 1.29 is 15.1 Å². The molecule has 13 heavy (non-hydrogen) atoms. The highest BCUT2D eigenvalue weighted by Gasteiger charge is 2.27. The van der Waals surface area contributed by atoms with Gasteiger partial charge >= 0.3 is 0 Å². The van der Waals surface area contributed by atoms with Crippen LogP contribution in [0.25, 0.3) is 0 Å². The molecule has 0 aliphatic heterocycles. The molecular formula is C9H21NO3. The molecule has 0 rings (SSSR count). The van der Waals surface area contributed by atoms with E-state index in [-0.39, 0.29) is 12.2 Å². The number of hydrogen-bond acceptors (Lipinski definition) is 4. The average molecular weight is 191 g/mol. The lowest BCUT2D eigenvalue weighted by Gasteiger charge is -2.31. The Morgan fingerprint density at radius 2 is 1.69 bits per heavy atom. The van der Waals surface area contributed by atoms with Gasteiger partial charge in [-0.1, -0.05) is 0 Å². The molecule has 0 aliphatic rings. The molecule has 80 valence electrons. The maximum Gasteiger partial charge on any atom is 0.0834 e. The van der Waals surface area contributed by atoms with Crippen molar-refractivity contribution in [2.45, 2.75) is 51.9 Å². The third-order valence-electron chi connectivity index (χ3n) is 1.54. The first-order valence-corrected chi connectivity index (χ1v) is 4.43. The Balaban J connectivity index is 4.02. The van der Waals surface area contributed by atoms with Crippen LogP contribution in [0.4, 0.5) is 0 Å². The Kier molecular flexibility index (Phi) is 4.32. The first-order valence-electron chi connectivity index (χ1n) is 4.43. The molecule has 3 N–H and O–H groups in total. The quantitative estimate of drug-likeness (QED) is 0.564. The molecule has 0 unspecified atom stereocenters. The van der Waals surface area contributed by atoms with Crippen molar-refractivity contribution in [2.75, 3.05) is 6.61 Å². The van der Waals surface area contributed by atoms with E-state index in [4.69, 9.17) is 9.94 Å². The second-order valence-electron chi connectivity index (χ2n) is 4.72. The van der Waals surface area contributed by atoms with Crippen LogP contribution in [0.15, 0.2) is 0 Å². The molecule has 0 spiro atoms. The van der Waals surface area contributed by atoms with Gasteiger partial charge in [0.15, 0.2) is 0 Å². The number of hydrogen-bond donors (Lipinski definition) is 3. The normalized spacial score (nSPS) is 15.9. The number of aliphatic hydroxyl groups excluding tert-OH is 1. The number of hydroxylamine groups is 1. The predicted molar refractivity (Wildman–Crippen MR) is 51.1 cm³/mol. The number of rotatable bonds is 4. The van der Waals surface area contributed by atoms with Gasteiger partial charge in [0.05, 0.1) is 23.9 Å². The van der Waals surface area contributed by atoms with Crippen molar-refractivity contribution in [2.24, 2.45) is 0 Å². The molecule has 1 atom stereocenters. The standard InChI is InChI=1S/C9H21NO3/c1-8(2,3)13-10-7(6-11)9(4,5)12/h7,10-12H,6H2,1-5H3/t7-/m0/s1. The highest BCUT2D eigenvalue weighted by molar-refractivity contribution is 4.80. The van der Waals surface area contributed by atoms with Crippen LogP contribution in [-0.2, 0) is 4.84 Å². The molecule has 0 bridgehead atoms. The molecule has 0 aliphatic carbocycles. The van der Waals surface area contributed by atoms with Crippen molar-refractivity contribution in [3.8, 4) is 0 Å². The molecule has 0 saturated carbocycles. The van der Waals surface area contributed by atoms with E-state index in [1.54, 1.807) is 13.8 Å². The van der Waals surface area contributed by atoms with Crippen molar-refractivity contribution in [3.05, 3.63) is 0 Å². The fourth-order valence-electron chi connectivity index (χ4n) is 0.653. The van der Waals surface area contributed by atoms with Gasteiger partial charge in [0.1, 0.15) is 0 Å². The molecule has 0 aromatic rings. The average Bonchev–Trinajstić information content (AvgIpc) is 1.82. The maximum absolute atomic E-state index is 9.57. The topological polar surface area (TPSA) is 61.7 Å². The van der Waals surface area contributed by atoms with E-state index in [1.165, 1.54) is 0 Å². The molecule has 0 aromatic heterocycles. The summed E-state index contributed by atoms with van der Waals surface area (Å²) in [4.78, 5) is 5.24. The van der Waals surface area contributed by atoms with Crippen LogP contribution in [0.2, 0.25) is 0 Å². The fourth-order valence-corrected chi connectivity index (χ4v) is 0.653. The van der Waals surface area contributed by atoms with Gasteiger partial charge in [-0.2, -0.15) is 5.48 Å². The van der Waals surface area contributed by atoms with Crippen LogP contribution in [-0.4, -0.2) is 34.1 Å². The van der Waals surface area contributed by atoms with Gasteiger partial charge in [-0.15, -0.1) is 0 Å². The van der Waals surface area contributed by atoms with E-state index in [1.807, 2.05) is 20.8 Å². The summed E-state index contributed by atoms with van der Waals surface area (Å²) in [7, 11) is 0. The van der Waals surface area contributed by atoms with E-state index >= 15 is 0 Å². The van der Waals surface area contributed by atoms with E-state index in [9.17, 15) is 5.11 Å². The summed E-state index contributed by atoms with van der Waals surface area (Å²) in [6.07, 6.45) is 0. The highest BCUT2D eigenvalue weighted by Crippen LogP contribution is 2.11. The molecule has 0 heterocycles. The monoisotopic (exact) mass is 191 g/mol. The summed E-state index contributed by atoms with van der Waals surface area (Å²) in [6.45, 7) is 8.73. The van der Waals surface area contributed by atoms with Gasteiger partial charge in [-0.25, -0.2) is 0 Å². The van der Waals surface area contributed by atoms with Crippen molar-refractivity contribution in [3.63, 3.8) is 0 Å². The minimum Gasteiger partial charge on any atom is -0.395 e. The lowest BCUT2D eigenvalue weighted by atomic mass is 10.0. The minimum absolute atomic E-state index is 0.167. The van der Waals surface area contributed by atoms with Gasteiger partial charge in [0, 0.05) is 0 Å². The zero-order chi connectivity index (χ0) is 10.7. The van der Waals surface area contributed by atoms with Gasteiger partial charge < -0.3 is 10.2 Å². The third-order valence-corrected chi connectivity index (χ3v) is 1.54. The highest BCUT2D eigenvalue weighted by atomic mass is 16.7. The van der Waals surface area contributed by atoms with E-state index in [0.717, 1.165) is 0 Å². The van der Waals surface area contributed by atoms with Crippen LogP contribution in [0.3, 0.4) is 0 Å². The molecule has 4 nitrogen and oxygen atoms in total. The summed E-state index contributed by atoms with van der Waals surface area (Å²) in [5, 5.41) is 18.5. The molecule has 0 fully saturated rings. The van der Waals surface area contributed by atoms with E-state index in [2.05, 4.69) is 5.48 Å². The Labute approximate surface area is 79.9 Å². The smallest absolute Gasteiger partial charge is 0.0834 e. The summed E-state index contributed by atoms with van der Waals surface area (Å²) in [5.74, 6) is 0. The zero-order valence-electron chi connectivity index (χ0n) is 9.09. The summed E-state index contributed by atoms with van der Waals surface area (Å²) in [6, 6.07) is -0.480. The Hall–Kier alpha value is -0.160. The Morgan fingerprint density at radius 1 is 1.23 bits per heavy atom. The molecule has 4 heteroatoms. The SMILES string of the molecule is CC(C)(C)ON[C@@H](CO)C(C)(C)O. The zero-order valence-corrected chi connectivity index (χ0v) is 9.09. The third kappa shape index (κ3) is 5.99. The van der Waals surface area contributed by atoms with E-state index in [0.29, 0.717) is 0 Å². The molecule has 0 radical (unpaired) electrons. The van der Waals surface area contributed by atoms with Gasteiger partial charge in [-0.3, -0.25) is 4.84 Å². The second-order valence-corrected chi connectivity index (χ2v) is 4.72. The maximum atomic E-state index is 9.57.